The fourth-order valence-corrected chi connectivity index (χ4v) is 3.00. The highest BCUT2D eigenvalue weighted by Gasteiger charge is 2.26. The third-order valence-electron chi connectivity index (χ3n) is 4.20. The lowest BCUT2D eigenvalue weighted by Crippen LogP contribution is -2.44. The van der Waals surface area contributed by atoms with E-state index < -0.39 is 0 Å². The van der Waals surface area contributed by atoms with Crippen LogP contribution in [-0.4, -0.2) is 52.0 Å². The Kier molecular flexibility index (Phi) is 6.21. The number of aromatic nitrogens is 3. The molecule has 0 aliphatic carbocycles. The molecule has 1 amide bonds. The molecule has 2 heterocycles. The van der Waals surface area contributed by atoms with Gasteiger partial charge in [-0.1, -0.05) is 17.7 Å². The molecule has 3 rings (SSSR count). The van der Waals surface area contributed by atoms with Crippen LogP contribution in [0.25, 0.3) is 5.69 Å². The van der Waals surface area contributed by atoms with Crippen LogP contribution < -0.4 is 5.32 Å². The molecule has 1 aromatic heterocycles. The van der Waals surface area contributed by atoms with Crippen molar-refractivity contribution in [3.8, 4) is 5.69 Å². The molecule has 2 aromatic rings. The van der Waals surface area contributed by atoms with Crippen molar-refractivity contribution in [2.45, 2.75) is 25.8 Å². The van der Waals surface area contributed by atoms with Crippen LogP contribution in [0.1, 0.15) is 29.0 Å². The molecule has 0 radical (unpaired) electrons. The van der Waals surface area contributed by atoms with Gasteiger partial charge in [-0.05, 0) is 51.1 Å². The van der Waals surface area contributed by atoms with Crippen LogP contribution >= 0.6 is 24.0 Å². The monoisotopic (exact) mass is 369 g/mol. The summed E-state index contributed by atoms with van der Waals surface area (Å²) in [6, 6.07) is 7.50. The van der Waals surface area contributed by atoms with E-state index in [0.717, 1.165) is 31.6 Å². The standard InChI is InChI=1S/C16H20ClN5O.ClH/c1-11-15(16(23)21(2)13-6-8-18-9-7-13)20-22(19-11)14-5-3-4-12(17)10-14;/h3-5,10,13,18H,6-9H2,1-2H3;1H. The van der Waals surface area contributed by atoms with Gasteiger partial charge in [0.1, 0.15) is 0 Å². The SMILES string of the molecule is Cc1nn(-c2cccc(Cl)c2)nc1C(=O)N(C)C1CCNCC1.Cl. The minimum Gasteiger partial charge on any atom is -0.337 e. The molecular formula is C16H21Cl2N5O. The zero-order valence-electron chi connectivity index (χ0n) is 13.7. The number of hydrogen-bond donors (Lipinski definition) is 1. The fraction of sp³-hybridized carbons (Fsp3) is 0.438. The van der Waals surface area contributed by atoms with Gasteiger partial charge in [0.25, 0.3) is 5.91 Å². The maximum absolute atomic E-state index is 12.7. The number of rotatable bonds is 3. The van der Waals surface area contributed by atoms with E-state index in [0.29, 0.717) is 16.4 Å². The van der Waals surface area contributed by atoms with Crippen LogP contribution in [0.2, 0.25) is 5.02 Å². The summed E-state index contributed by atoms with van der Waals surface area (Å²) in [6.45, 7) is 3.69. The van der Waals surface area contributed by atoms with Gasteiger partial charge in [-0.3, -0.25) is 4.79 Å². The summed E-state index contributed by atoms with van der Waals surface area (Å²) < 4.78 is 0. The largest absolute Gasteiger partial charge is 0.337 e. The van der Waals surface area contributed by atoms with Crippen molar-refractivity contribution in [1.29, 1.82) is 0 Å². The van der Waals surface area contributed by atoms with Crippen molar-refractivity contribution in [2.24, 2.45) is 0 Å². The van der Waals surface area contributed by atoms with E-state index in [1.54, 1.807) is 24.0 Å². The summed E-state index contributed by atoms with van der Waals surface area (Å²) in [7, 11) is 1.84. The van der Waals surface area contributed by atoms with E-state index in [1.165, 1.54) is 4.80 Å². The molecular weight excluding hydrogens is 349 g/mol. The van der Waals surface area contributed by atoms with Crippen LogP contribution in [0.4, 0.5) is 0 Å². The Balaban J connectivity index is 0.00000208. The minimum absolute atomic E-state index is 0. The van der Waals surface area contributed by atoms with Gasteiger partial charge in [-0.15, -0.1) is 17.5 Å². The van der Waals surface area contributed by atoms with Crippen molar-refractivity contribution < 1.29 is 4.79 Å². The third kappa shape index (κ3) is 3.88. The number of aryl methyl sites for hydroxylation is 1. The number of halogens is 2. The van der Waals surface area contributed by atoms with Gasteiger partial charge in [0.05, 0.1) is 11.4 Å². The average Bonchev–Trinajstić information content (AvgIpc) is 2.96. The van der Waals surface area contributed by atoms with Crippen molar-refractivity contribution in [1.82, 2.24) is 25.2 Å². The van der Waals surface area contributed by atoms with E-state index in [2.05, 4.69) is 15.5 Å². The van der Waals surface area contributed by atoms with Crippen LogP contribution in [-0.2, 0) is 0 Å². The molecule has 130 valence electrons. The first-order valence-electron chi connectivity index (χ1n) is 7.74. The lowest BCUT2D eigenvalue weighted by Gasteiger charge is -2.31. The van der Waals surface area contributed by atoms with Gasteiger partial charge in [-0.25, -0.2) is 0 Å². The zero-order valence-corrected chi connectivity index (χ0v) is 15.3. The number of hydrogen-bond acceptors (Lipinski definition) is 4. The van der Waals surface area contributed by atoms with Gasteiger partial charge < -0.3 is 10.2 Å². The minimum atomic E-state index is -0.0809. The van der Waals surface area contributed by atoms with Crippen molar-refractivity contribution in [3.63, 3.8) is 0 Å². The van der Waals surface area contributed by atoms with E-state index in [9.17, 15) is 4.79 Å². The van der Waals surface area contributed by atoms with Gasteiger partial charge >= 0.3 is 0 Å². The lowest BCUT2D eigenvalue weighted by molar-refractivity contribution is 0.0696. The van der Waals surface area contributed by atoms with E-state index in [4.69, 9.17) is 11.6 Å². The van der Waals surface area contributed by atoms with Crippen LogP contribution in [0.3, 0.4) is 0 Å². The molecule has 6 nitrogen and oxygen atoms in total. The number of carbonyl (C=O) groups excluding carboxylic acids is 1. The first-order chi connectivity index (χ1) is 11.1. The second-order valence-corrected chi connectivity index (χ2v) is 6.24. The number of carbonyl (C=O) groups is 1. The quantitative estimate of drug-likeness (QED) is 0.902. The van der Waals surface area contributed by atoms with Crippen molar-refractivity contribution in [3.05, 3.63) is 40.7 Å². The number of nitrogens with one attached hydrogen (secondary N) is 1. The van der Waals surface area contributed by atoms with Gasteiger partial charge in [-0.2, -0.15) is 9.90 Å². The Bertz CT molecular complexity index is 712. The fourth-order valence-electron chi connectivity index (χ4n) is 2.82. The number of amides is 1. The number of piperidine rings is 1. The topological polar surface area (TPSA) is 63.1 Å². The molecule has 1 aliphatic rings. The Hall–Kier alpha value is -1.63. The summed E-state index contributed by atoms with van der Waals surface area (Å²) in [4.78, 5) is 16.0. The summed E-state index contributed by atoms with van der Waals surface area (Å²) in [6.07, 6.45) is 1.92. The first kappa shape index (κ1) is 18.7. The molecule has 0 saturated carbocycles. The average molecular weight is 370 g/mol. The Morgan fingerprint density at radius 3 is 2.71 bits per heavy atom. The summed E-state index contributed by atoms with van der Waals surface area (Å²) in [5.74, 6) is -0.0809. The molecule has 1 aliphatic heterocycles. The van der Waals surface area contributed by atoms with E-state index in [1.807, 2.05) is 19.2 Å². The molecule has 24 heavy (non-hydrogen) atoms. The maximum Gasteiger partial charge on any atom is 0.276 e. The molecule has 8 heteroatoms. The molecule has 1 aromatic carbocycles. The number of nitrogens with zero attached hydrogens (tertiary/aromatic N) is 4. The van der Waals surface area contributed by atoms with Gasteiger partial charge in [0.15, 0.2) is 5.69 Å². The molecule has 1 fully saturated rings. The van der Waals surface area contributed by atoms with E-state index >= 15 is 0 Å². The first-order valence-corrected chi connectivity index (χ1v) is 8.12. The van der Waals surface area contributed by atoms with Crippen LogP contribution in [0.15, 0.2) is 24.3 Å². The smallest absolute Gasteiger partial charge is 0.276 e. The predicted octanol–water partition coefficient (Wildman–Crippen LogP) is 2.47. The lowest BCUT2D eigenvalue weighted by atomic mass is 10.0. The van der Waals surface area contributed by atoms with Crippen molar-refractivity contribution >= 4 is 29.9 Å². The molecule has 0 atom stereocenters. The Morgan fingerprint density at radius 1 is 1.33 bits per heavy atom. The predicted molar refractivity (Wildman–Crippen MR) is 96.3 cm³/mol. The highest BCUT2D eigenvalue weighted by molar-refractivity contribution is 6.30. The van der Waals surface area contributed by atoms with E-state index in [-0.39, 0.29) is 24.4 Å². The highest BCUT2D eigenvalue weighted by Crippen LogP contribution is 2.17. The second kappa shape index (κ2) is 7.96. The van der Waals surface area contributed by atoms with Crippen LogP contribution in [0.5, 0.6) is 0 Å². The summed E-state index contributed by atoms with van der Waals surface area (Å²) in [5.41, 5.74) is 1.76. The van der Waals surface area contributed by atoms with Crippen LogP contribution in [0, 0.1) is 6.92 Å². The molecule has 1 N–H and O–H groups in total. The van der Waals surface area contributed by atoms with Crippen molar-refractivity contribution in [2.75, 3.05) is 20.1 Å². The van der Waals surface area contributed by atoms with Gasteiger partial charge in [0, 0.05) is 18.1 Å². The summed E-state index contributed by atoms with van der Waals surface area (Å²) in [5, 5.41) is 12.7. The molecule has 0 unspecified atom stereocenters. The zero-order chi connectivity index (χ0) is 16.4. The Morgan fingerprint density at radius 2 is 2.04 bits per heavy atom. The number of benzene rings is 1. The third-order valence-corrected chi connectivity index (χ3v) is 4.44. The molecule has 0 bridgehead atoms. The Labute approximate surface area is 152 Å². The second-order valence-electron chi connectivity index (χ2n) is 5.80. The highest BCUT2D eigenvalue weighted by atomic mass is 35.5. The molecule has 1 saturated heterocycles. The summed E-state index contributed by atoms with van der Waals surface area (Å²) >= 11 is 6.01. The normalized spacial score (nSPS) is 15.0. The maximum atomic E-state index is 12.7. The molecule has 0 spiro atoms. The van der Waals surface area contributed by atoms with Gasteiger partial charge in [0.2, 0.25) is 0 Å².